The van der Waals surface area contributed by atoms with Crippen molar-refractivity contribution in [2.75, 3.05) is 36.5 Å². The minimum absolute atomic E-state index is 0.104. The van der Waals surface area contributed by atoms with E-state index in [1.54, 1.807) is 39.1 Å². The van der Waals surface area contributed by atoms with Gasteiger partial charge in [-0.1, -0.05) is 0 Å². The van der Waals surface area contributed by atoms with Crippen molar-refractivity contribution in [1.82, 2.24) is 14.4 Å². The predicted octanol–water partition coefficient (Wildman–Crippen LogP) is 7.55. The number of fused-ring (bicyclic) bond motifs is 1. The number of hydrogen-bond donors (Lipinski definition) is 1. The average molecular weight is 759 g/mol. The van der Waals surface area contributed by atoms with Gasteiger partial charge in [0.15, 0.2) is 0 Å². The van der Waals surface area contributed by atoms with Crippen LogP contribution in [0.25, 0.3) is 5.65 Å². The number of carbonyl (C=O) groups is 2. The number of nitrogens with one attached hydrogen (secondary N) is 1. The Morgan fingerprint density at radius 3 is 2.30 bits per heavy atom. The van der Waals surface area contributed by atoms with Gasteiger partial charge in [-0.25, -0.2) is 4.79 Å². The summed E-state index contributed by atoms with van der Waals surface area (Å²) in [5.41, 5.74) is 0.945. The number of morpholine rings is 1. The third-order valence-electron chi connectivity index (χ3n) is 8.49. The molecule has 12 heteroatoms. The molecule has 0 radical (unpaired) electrons. The van der Waals surface area contributed by atoms with Gasteiger partial charge >= 0.3 is 220 Å². The number of benzene rings is 1. The van der Waals surface area contributed by atoms with Crippen molar-refractivity contribution in [2.45, 2.75) is 105 Å². The van der Waals surface area contributed by atoms with Gasteiger partial charge in [-0.15, -0.1) is 0 Å². The first-order valence-corrected chi connectivity index (χ1v) is 24.7. The molecule has 1 aliphatic rings. The molecular formula is C35H53N5O6Sn. The molecule has 4 rings (SSSR count). The molecule has 0 aliphatic carbocycles. The number of anilines is 2. The van der Waals surface area contributed by atoms with Crippen molar-refractivity contribution in [3.05, 3.63) is 42.9 Å². The summed E-state index contributed by atoms with van der Waals surface area (Å²) in [6, 6.07) is 7.35. The fraction of sp³-hybridized carbons (Fsp3) is 0.600. The van der Waals surface area contributed by atoms with Crippen molar-refractivity contribution in [1.29, 1.82) is 0 Å². The fourth-order valence-corrected chi connectivity index (χ4v) is 21.4. The average Bonchev–Trinajstić information content (AvgIpc) is 3.53. The van der Waals surface area contributed by atoms with Gasteiger partial charge in [-0.2, -0.15) is 0 Å². The van der Waals surface area contributed by atoms with Crippen molar-refractivity contribution < 1.29 is 28.5 Å². The van der Waals surface area contributed by atoms with Gasteiger partial charge in [0.05, 0.1) is 6.61 Å². The van der Waals surface area contributed by atoms with E-state index in [1.165, 1.54) is 55.5 Å². The van der Waals surface area contributed by atoms with Crippen LogP contribution in [0.1, 0.15) is 80.1 Å². The van der Waals surface area contributed by atoms with E-state index in [1.807, 2.05) is 22.7 Å². The summed E-state index contributed by atoms with van der Waals surface area (Å²) in [6.07, 6.45) is 11.5. The molecule has 1 fully saturated rings. The fourth-order valence-electron chi connectivity index (χ4n) is 6.03. The second kappa shape index (κ2) is 17.4. The molecule has 0 bridgehead atoms. The molecule has 1 aromatic carbocycles. The number of carbonyl (C=O) groups excluding carboxylic acids is 2. The second-order valence-electron chi connectivity index (χ2n) is 13.4. The van der Waals surface area contributed by atoms with E-state index >= 15 is 0 Å². The summed E-state index contributed by atoms with van der Waals surface area (Å²) < 4.78 is 29.0. The molecule has 1 saturated heterocycles. The monoisotopic (exact) mass is 759 g/mol. The van der Waals surface area contributed by atoms with Crippen molar-refractivity contribution in [2.24, 2.45) is 0 Å². The number of nitrogens with zero attached hydrogens (tertiary/aromatic N) is 4. The van der Waals surface area contributed by atoms with Crippen molar-refractivity contribution in [3.8, 4) is 5.75 Å². The zero-order valence-corrected chi connectivity index (χ0v) is 31.9. The van der Waals surface area contributed by atoms with E-state index in [2.05, 4.69) is 42.2 Å². The third kappa shape index (κ3) is 10.7. The van der Waals surface area contributed by atoms with E-state index in [9.17, 15) is 9.59 Å². The standard InChI is InChI=1S/C23H26N5O6.3C4H9.Sn/c1-23(2,3)34-22(30)32-15-18-14-28(12-13-31-18)16-4-6-17(7-5-16)33-21(29)26-19-20-25-9-11-27(20)10-8-24-19;3*1-3-4-2;/h4-7,9-11,18H,12-15H2,1-3H3,(H,24,26,29);3*1,3-4H2,2H3;. The molecule has 47 heavy (non-hydrogen) atoms. The van der Waals surface area contributed by atoms with Crippen molar-refractivity contribution >= 4 is 51.5 Å². The Bertz CT molecular complexity index is 1420. The number of unbranched alkanes of at least 4 members (excludes halogenated alkanes) is 3. The molecule has 0 saturated carbocycles. The maximum absolute atomic E-state index is 13.2. The molecule has 2 aromatic heterocycles. The Kier molecular flexibility index (Phi) is 13.6. The normalized spacial score (nSPS) is 15.4. The Labute approximate surface area is 283 Å². The minimum atomic E-state index is -2.88. The Hall–Kier alpha value is -3.06. The van der Waals surface area contributed by atoms with Gasteiger partial charge in [0, 0.05) is 0 Å². The first kappa shape index (κ1) is 36.8. The van der Waals surface area contributed by atoms with Crippen LogP contribution in [-0.2, 0) is 14.2 Å². The van der Waals surface area contributed by atoms with Gasteiger partial charge in [-0.05, 0) is 20.8 Å². The van der Waals surface area contributed by atoms with Crippen LogP contribution in [0.15, 0.2) is 42.9 Å². The molecule has 3 aromatic rings. The number of aromatic nitrogens is 3. The van der Waals surface area contributed by atoms with Crippen LogP contribution in [0, 0.1) is 0 Å². The molecular weight excluding hydrogens is 705 g/mol. The molecule has 3 heterocycles. The quantitative estimate of drug-likeness (QED) is 0.124. The Morgan fingerprint density at radius 1 is 1.02 bits per heavy atom. The number of rotatable bonds is 15. The van der Waals surface area contributed by atoms with Gasteiger partial charge < -0.3 is 14.2 Å². The molecule has 258 valence electrons. The summed E-state index contributed by atoms with van der Waals surface area (Å²) in [4.78, 5) is 36.9. The van der Waals surface area contributed by atoms with Gasteiger partial charge in [0.25, 0.3) is 0 Å². The Balaban J connectivity index is 1.43. The first-order valence-electron chi connectivity index (χ1n) is 17.2. The van der Waals surface area contributed by atoms with Crippen LogP contribution in [0.5, 0.6) is 5.75 Å². The molecule has 11 nitrogen and oxygen atoms in total. The second-order valence-corrected chi connectivity index (χ2v) is 26.5. The van der Waals surface area contributed by atoms with Crippen LogP contribution in [-0.4, -0.2) is 83.0 Å². The van der Waals surface area contributed by atoms with E-state index in [0.717, 1.165) is 5.69 Å². The topological polar surface area (TPSA) is 117 Å². The Morgan fingerprint density at radius 2 is 1.68 bits per heavy atom. The summed E-state index contributed by atoms with van der Waals surface area (Å²) in [5, 5.41) is 2.92. The van der Waals surface area contributed by atoms with Gasteiger partial charge in [-0.3, -0.25) is 0 Å². The number of hydrogen-bond acceptors (Lipinski definition) is 9. The predicted molar refractivity (Wildman–Crippen MR) is 188 cm³/mol. The van der Waals surface area contributed by atoms with E-state index in [-0.39, 0.29) is 12.7 Å². The van der Waals surface area contributed by atoms with Crippen LogP contribution in [0.2, 0.25) is 13.3 Å². The number of imidazole rings is 1. The molecule has 1 unspecified atom stereocenters. The third-order valence-corrected chi connectivity index (χ3v) is 23.5. The van der Waals surface area contributed by atoms with E-state index in [4.69, 9.17) is 23.9 Å². The maximum atomic E-state index is 13.2. The molecule has 1 atom stereocenters. The van der Waals surface area contributed by atoms with Crippen LogP contribution < -0.4 is 18.7 Å². The molecule has 0 spiro atoms. The summed E-state index contributed by atoms with van der Waals surface area (Å²) in [5.74, 6) is 0.870. The summed E-state index contributed by atoms with van der Waals surface area (Å²) in [7, 11) is 0. The number of amides is 1. The van der Waals surface area contributed by atoms with E-state index in [0.29, 0.717) is 36.9 Å². The number of ether oxygens (including phenoxy) is 4. The first-order chi connectivity index (χ1) is 22.6. The van der Waals surface area contributed by atoms with Gasteiger partial charge in [0.1, 0.15) is 18.3 Å². The van der Waals surface area contributed by atoms with Gasteiger partial charge in [0.2, 0.25) is 0 Å². The molecule has 1 N–H and O–H groups in total. The van der Waals surface area contributed by atoms with Crippen molar-refractivity contribution in [3.63, 3.8) is 0 Å². The zero-order chi connectivity index (χ0) is 33.9. The van der Waals surface area contributed by atoms with Crippen LogP contribution in [0.4, 0.5) is 21.1 Å². The van der Waals surface area contributed by atoms with Crippen LogP contribution >= 0.6 is 0 Å². The summed E-state index contributed by atoms with van der Waals surface area (Å²) >= 11 is -2.88. The SMILES string of the molecule is CCC[CH2][Sn]([CH2]CCC)([CH2]CCC)[c]1cn2ccnc2c(NC(=O)Oc2ccc(N3CCOC(COC(=O)OC(C)(C)C)C3)cc2)n1. The zero-order valence-electron chi connectivity index (χ0n) is 29.0. The van der Waals surface area contributed by atoms with Crippen LogP contribution in [0.3, 0.4) is 0 Å². The molecule has 1 amide bonds. The molecule has 1 aliphatic heterocycles. The van der Waals surface area contributed by atoms with E-state index < -0.39 is 36.2 Å². The summed E-state index contributed by atoms with van der Waals surface area (Å²) in [6.45, 7) is 14.0.